The SMILES string of the molecule is COCCNS(=O)(=O)c1ccc(OCC(=O)Nc2ccc(C)cc2)cc1. The first-order valence-corrected chi connectivity index (χ1v) is 9.47. The molecule has 0 saturated carbocycles. The topological polar surface area (TPSA) is 93.7 Å². The average molecular weight is 378 g/mol. The molecule has 0 aromatic heterocycles. The van der Waals surface area contributed by atoms with Crippen molar-refractivity contribution >= 4 is 21.6 Å². The number of rotatable bonds is 9. The Bertz CT molecular complexity index is 818. The van der Waals surface area contributed by atoms with Gasteiger partial charge in [-0.1, -0.05) is 17.7 Å². The lowest BCUT2D eigenvalue weighted by atomic mass is 10.2. The van der Waals surface area contributed by atoms with Crippen molar-refractivity contribution in [2.24, 2.45) is 0 Å². The van der Waals surface area contributed by atoms with Crippen molar-refractivity contribution in [2.45, 2.75) is 11.8 Å². The first-order chi connectivity index (χ1) is 12.4. The van der Waals surface area contributed by atoms with Gasteiger partial charge in [0.2, 0.25) is 10.0 Å². The van der Waals surface area contributed by atoms with Crippen LogP contribution in [0.25, 0.3) is 0 Å². The lowest BCUT2D eigenvalue weighted by molar-refractivity contribution is -0.118. The number of sulfonamides is 1. The maximum absolute atomic E-state index is 12.0. The third-order valence-corrected chi connectivity index (χ3v) is 4.91. The number of hydrogen-bond acceptors (Lipinski definition) is 5. The standard InChI is InChI=1S/C18H22N2O5S/c1-14-3-5-15(6-4-14)20-18(21)13-25-16-7-9-17(10-8-16)26(22,23)19-11-12-24-2/h3-10,19H,11-13H2,1-2H3,(H,20,21). The smallest absolute Gasteiger partial charge is 0.262 e. The lowest BCUT2D eigenvalue weighted by Gasteiger charge is -2.09. The van der Waals surface area contributed by atoms with Crippen LogP contribution in [0.15, 0.2) is 53.4 Å². The molecule has 0 radical (unpaired) electrons. The molecule has 0 unspecified atom stereocenters. The fourth-order valence-corrected chi connectivity index (χ4v) is 3.07. The minimum absolute atomic E-state index is 0.116. The van der Waals surface area contributed by atoms with E-state index in [0.29, 0.717) is 11.4 Å². The highest BCUT2D eigenvalue weighted by molar-refractivity contribution is 7.89. The van der Waals surface area contributed by atoms with Crippen molar-refractivity contribution < 1.29 is 22.7 Å². The fraction of sp³-hybridized carbons (Fsp3) is 0.278. The Hall–Kier alpha value is -2.42. The summed E-state index contributed by atoms with van der Waals surface area (Å²) in [5, 5.41) is 2.72. The highest BCUT2D eigenvalue weighted by atomic mass is 32.2. The maximum atomic E-state index is 12.0. The van der Waals surface area contributed by atoms with Crippen LogP contribution in [0.3, 0.4) is 0 Å². The Morgan fingerprint density at radius 1 is 1.04 bits per heavy atom. The second-order valence-corrected chi connectivity index (χ2v) is 7.33. The predicted octanol–water partition coefficient (Wildman–Crippen LogP) is 1.94. The van der Waals surface area contributed by atoms with Crippen LogP contribution in [-0.2, 0) is 19.6 Å². The highest BCUT2D eigenvalue weighted by Crippen LogP contribution is 2.16. The third-order valence-electron chi connectivity index (χ3n) is 3.44. The summed E-state index contributed by atoms with van der Waals surface area (Å²) in [7, 11) is -2.09. The van der Waals surface area contributed by atoms with Crippen LogP contribution < -0.4 is 14.8 Å². The minimum Gasteiger partial charge on any atom is -0.484 e. The van der Waals surface area contributed by atoms with E-state index in [1.807, 2.05) is 31.2 Å². The molecule has 7 nitrogen and oxygen atoms in total. The zero-order valence-corrected chi connectivity index (χ0v) is 15.5. The van der Waals surface area contributed by atoms with Crippen LogP contribution in [0.5, 0.6) is 5.75 Å². The summed E-state index contributed by atoms with van der Waals surface area (Å²) in [6, 6.07) is 13.3. The van der Waals surface area contributed by atoms with Gasteiger partial charge in [0.1, 0.15) is 5.75 Å². The van der Waals surface area contributed by atoms with Crippen molar-refractivity contribution in [1.82, 2.24) is 4.72 Å². The monoisotopic (exact) mass is 378 g/mol. The van der Waals surface area contributed by atoms with Crippen LogP contribution in [0, 0.1) is 6.92 Å². The second kappa shape index (κ2) is 9.33. The van der Waals surface area contributed by atoms with Gasteiger partial charge in [-0.05, 0) is 43.3 Å². The molecule has 0 fully saturated rings. The number of ether oxygens (including phenoxy) is 2. The molecule has 2 rings (SSSR count). The highest BCUT2D eigenvalue weighted by Gasteiger charge is 2.13. The molecule has 8 heteroatoms. The van der Waals surface area contributed by atoms with Crippen LogP contribution in [0.1, 0.15) is 5.56 Å². The molecule has 0 aliphatic carbocycles. The van der Waals surface area contributed by atoms with E-state index in [9.17, 15) is 13.2 Å². The molecule has 2 aromatic rings. The molecule has 26 heavy (non-hydrogen) atoms. The molecule has 0 bridgehead atoms. The van der Waals surface area contributed by atoms with E-state index in [1.165, 1.54) is 31.4 Å². The Morgan fingerprint density at radius 2 is 1.69 bits per heavy atom. The molecule has 2 aromatic carbocycles. The Morgan fingerprint density at radius 3 is 2.31 bits per heavy atom. The Balaban J connectivity index is 1.86. The van der Waals surface area contributed by atoms with Gasteiger partial charge in [0.05, 0.1) is 11.5 Å². The van der Waals surface area contributed by atoms with E-state index < -0.39 is 10.0 Å². The predicted molar refractivity (Wildman–Crippen MR) is 98.8 cm³/mol. The number of benzene rings is 2. The van der Waals surface area contributed by atoms with E-state index in [2.05, 4.69) is 10.0 Å². The Labute approximate surface area is 153 Å². The number of carbonyl (C=O) groups is 1. The van der Waals surface area contributed by atoms with Crippen molar-refractivity contribution in [1.29, 1.82) is 0 Å². The van der Waals surface area contributed by atoms with Crippen molar-refractivity contribution in [3.8, 4) is 5.75 Å². The number of nitrogens with one attached hydrogen (secondary N) is 2. The molecule has 1 amide bonds. The summed E-state index contributed by atoms with van der Waals surface area (Å²) < 4.78 is 36.7. The van der Waals surface area contributed by atoms with E-state index in [0.717, 1.165) is 5.56 Å². The van der Waals surface area contributed by atoms with Crippen LogP contribution >= 0.6 is 0 Å². The first kappa shape index (κ1) is 19.9. The average Bonchev–Trinajstić information content (AvgIpc) is 2.62. The van der Waals surface area contributed by atoms with Gasteiger partial charge in [-0.2, -0.15) is 0 Å². The fourth-order valence-electron chi connectivity index (χ4n) is 2.06. The normalized spacial score (nSPS) is 11.2. The maximum Gasteiger partial charge on any atom is 0.262 e. The number of amides is 1. The quantitative estimate of drug-likeness (QED) is 0.651. The van der Waals surface area contributed by atoms with E-state index in [1.54, 1.807) is 0 Å². The number of carbonyl (C=O) groups excluding carboxylic acids is 1. The van der Waals surface area contributed by atoms with Gasteiger partial charge in [-0.15, -0.1) is 0 Å². The van der Waals surface area contributed by atoms with Gasteiger partial charge in [-0.3, -0.25) is 4.79 Å². The van der Waals surface area contributed by atoms with Crippen molar-refractivity contribution in [2.75, 3.05) is 32.2 Å². The van der Waals surface area contributed by atoms with E-state index in [4.69, 9.17) is 9.47 Å². The molecular weight excluding hydrogens is 356 g/mol. The van der Waals surface area contributed by atoms with E-state index in [-0.39, 0.29) is 30.6 Å². The van der Waals surface area contributed by atoms with Gasteiger partial charge in [0.15, 0.2) is 6.61 Å². The summed E-state index contributed by atoms with van der Waals surface area (Å²) >= 11 is 0. The molecular formula is C18H22N2O5S. The summed E-state index contributed by atoms with van der Waals surface area (Å²) in [6.45, 7) is 2.27. The zero-order valence-electron chi connectivity index (χ0n) is 14.7. The second-order valence-electron chi connectivity index (χ2n) is 5.56. The van der Waals surface area contributed by atoms with Crippen molar-refractivity contribution in [3.05, 3.63) is 54.1 Å². The molecule has 0 atom stereocenters. The molecule has 140 valence electrons. The zero-order chi connectivity index (χ0) is 19.0. The van der Waals surface area contributed by atoms with Gasteiger partial charge in [0, 0.05) is 19.3 Å². The van der Waals surface area contributed by atoms with Gasteiger partial charge < -0.3 is 14.8 Å². The number of anilines is 1. The summed E-state index contributed by atoms with van der Waals surface area (Å²) in [4.78, 5) is 12.0. The lowest BCUT2D eigenvalue weighted by Crippen LogP contribution is -2.27. The summed E-state index contributed by atoms with van der Waals surface area (Å²) in [5.41, 5.74) is 1.79. The van der Waals surface area contributed by atoms with Gasteiger partial charge >= 0.3 is 0 Å². The van der Waals surface area contributed by atoms with Gasteiger partial charge in [-0.25, -0.2) is 13.1 Å². The van der Waals surface area contributed by atoms with Crippen LogP contribution in [0.4, 0.5) is 5.69 Å². The van der Waals surface area contributed by atoms with Gasteiger partial charge in [0.25, 0.3) is 5.91 Å². The Kier molecular flexibility index (Phi) is 7.14. The third kappa shape index (κ3) is 6.14. The number of methoxy groups -OCH3 is 1. The van der Waals surface area contributed by atoms with Crippen molar-refractivity contribution in [3.63, 3.8) is 0 Å². The molecule has 0 aliphatic heterocycles. The largest absolute Gasteiger partial charge is 0.484 e. The van der Waals surface area contributed by atoms with Crippen LogP contribution in [0.2, 0.25) is 0 Å². The molecule has 0 heterocycles. The molecule has 0 saturated heterocycles. The van der Waals surface area contributed by atoms with Crippen LogP contribution in [-0.4, -0.2) is 41.2 Å². The molecule has 0 aliphatic rings. The first-order valence-electron chi connectivity index (χ1n) is 7.99. The number of hydrogen-bond donors (Lipinski definition) is 2. The van der Waals surface area contributed by atoms with E-state index >= 15 is 0 Å². The summed E-state index contributed by atoms with van der Waals surface area (Å²) in [5.74, 6) is 0.103. The number of aryl methyl sites for hydroxylation is 1. The summed E-state index contributed by atoms with van der Waals surface area (Å²) in [6.07, 6.45) is 0. The minimum atomic E-state index is -3.59. The molecule has 0 spiro atoms. The molecule has 2 N–H and O–H groups in total.